The Morgan fingerprint density at radius 2 is 1.71 bits per heavy atom. The Balaban J connectivity index is 2.38. The van der Waals surface area contributed by atoms with Gasteiger partial charge in [-0.3, -0.25) is 0 Å². The first-order chi connectivity index (χ1) is 8.22. The summed E-state index contributed by atoms with van der Waals surface area (Å²) in [6, 6.07) is 12.3. The monoisotopic (exact) mass is 230 g/mol. The van der Waals surface area contributed by atoms with E-state index in [1.54, 1.807) is 18.2 Å². The van der Waals surface area contributed by atoms with Crippen LogP contribution in [0.4, 0.5) is 0 Å². The Morgan fingerprint density at radius 1 is 1.00 bits per heavy atom. The van der Waals surface area contributed by atoms with E-state index in [1.165, 1.54) is 6.07 Å². The number of para-hydroxylation sites is 1. The minimum absolute atomic E-state index is 0.00338. The van der Waals surface area contributed by atoms with Gasteiger partial charge in [-0.1, -0.05) is 31.2 Å². The van der Waals surface area contributed by atoms with Gasteiger partial charge in [0.15, 0.2) is 11.5 Å². The molecule has 0 unspecified atom stereocenters. The van der Waals surface area contributed by atoms with Crippen LogP contribution in [0.3, 0.4) is 0 Å². The van der Waals surface area contributed by atoms with E-state index in [0.29, 0.717) is 12.2 Å². The number of phenolic OH excluding ortho intramolecular Hbond substituents is 2. The molecule has 3 nitrogen and oxygen atoms in total. The molecule has 2 aromatic carbocycles. The van der Waals surface area contributed by atoms with Crippen LogP contribution in [-0.4, -0.2) is 10.2 Å². The number of benzene rings is 2. The zero-order valence-corrected chi connectivity index (χ0v) is 9.55. The molecule has 0 heterocycles. The third-order valence-electron chi connectivity index (χ3n) is 2.54. The molecule has 3 heteroatoms. The van der Waals surface area contributed by atoms with Crippen LogP contribution in [0.5, 0.6) is 23.0 Å². The second-order valence-electron chi connectivity index (χ2n) is 3.69. The van der Waals surface area contributed by atoms with E-state index >= 15 is 0 Å². The molecule has 0 aliphatic heterocycles. The molecule has 2 rings (SSSR count). The molecule has 0 amide bonds. The van der Waals surface area contributed by atoms with Gasteiger partial charge in [-0.25, -0.2) is 0 Å². The van der Waals surface area contributed by atoms with Crippen molar-refractivity contribution in [3.8, 4) is 23.0 Å². The predicted molar refractivity (Wildman–Crippen MR) is 65.7 cm³/mol. The van der Waals surface area contributed by atoms with E-state index in [4.69, 9.17) is 4.74 Å². The van der Waals surface area contributed by atoms with Crippen LogP contribution < -0.4 is 4.74 Å². The van der Waals surface area contributed by atoms with Crippen LogP contribution in [0.1, 0.15) is 12.5 Å². The number of rotatable bonds is 3. The molecule has 0 spiro atoms. The van der Waals surface area contributed by atoms with Crippen molar-refractivity contribution >= 4 is 0 Å². The first kappa shape index (κ1) is 11.3. The predicted octanol–water partition coefficient (Wildman–Crippen LogP) is 3.45. The summed E-state index contributed by atoms with van der Waals surface area (Å²) in [6.45, 7) is 1.93. The van der Waals surface area contributed by atoms with Gasteiger partial charge in [0.05, 0.1) is 0 Å². The molecule has 2 N–H and O–H groups in total. The summed E-state index contributed by atoms with van der Waals surface area (Å²) in [4.78, 5) is 0. The molecular formula is C14H14O3. The van der Waals surface area contributed by atoms with Crippen LogP contribution in [0.2, 0.25) is 0 Å². The quantitative estimate of drug-likeness (QED) is 0.849. The average Bonchev–Trinajstić information content (AvgIpc) is 2.36. The lowest BCUT2D eigenvalue weighted by Crippen LogP contribution is -1.89. The number of phenols is 2. The summed E-state index contributed by atoms with van der Waals surface area (Å²) in [7, 11) is 0. The molecule has 0 saturated heterocycles. The third-order valence-corrected chi connectivity index (χ3v) is 2.54. The van der Waals surface area contributed by atoms with Crippen LogP contribution >= 0.6 is 0 Å². The summed E-state index contributed by atoms with van der Waals surface area (Å²) in [5.74, 6) is 0.613. The van der Waals surface area contributed by atoms with Crippen LogP contribution in [-0.2, 0) is 6.42 Å². The van der Waals surface area contributed by atoms with Crippen molar-refractivity contribution in [2.24, 2.45) is 0 Å². The van der Waals surface area contributed by atoms with Gasteiger partial charge in [0, 0.05) is 0 Å². The number of hydrogen-bond donors (Lipinski definition) is 2. The molecule has 88 valence electrons. The Labute approximate surface area is 99.9 Å². The molecule has 0 aliphatic rings. The van der Waals surface area contributed by atoms with Gasteiger partial charge in [0.25, 0.3) is 0 Å². The minimum atomic E-state index is -0.0662. The van der Waals surface area contributed by atoms with Crippen molar-refractivity contribution in [3.05, 3.63) is 48.0 Å². The fourth-order valence-corrected chi connectivity index (χ4v) is 1.59. The van der Waals surface area contributed by atoms with Gasteiger partial charge in [-0.05, 0) is 30.2 Å². The second kappa shape index (κ2) is 4.78. The molecule has 0 aromatic heterocycles. The van der Waals surface area contributed by atoms with E-state index in [-0.39, 0.29) is 17.2 Å². The molecule has 0 atom stereocenters. The van der Waals surface area contributed by atoms with Crippen molar-refractivity contribution in [2.45, 2.75) is 13.3 Å². The highest BCUT2D eigenvalue weighted by Crippen LogP contribution is 2.41. The highest BCUT2D eigenvalue weighted by molar-refractivity contribution is 5.55. The van der Waals surface area contributed by atoms with Crippen molar-refractivity contribution in [2.75, 3.05) is 0 Å². The Hall–Kier alpha value is -2.16. The number of hydrogen-bond acceptors (Lipinski definition) is 3. The molecule has 2 aromatic rings. The lowest BCUT2D eigenvalue weighted by molar-refractivity contribution is 0.373. The lowest BCUT2D eigenvalue weighted by Gasteiger charge is -2.11. The SMILES string of the molecule is CCc1ccc(O)c(Oc2ccccc2)c1O. The van der Waals surface area contributed by atoms with Crippen molar-refractivity contribution < 1.29 is 14.9 Å². The number of aromatic hydroxyl groups is 2. The molecule has 0 aliphatic carbocycles. The maximum absolute atomic E-state index is 9.95. The summed E-state index contributed by atoms with van der Waals surface area (Å²) < 4.78 is 5.48. The van der Waals surface area contributed by atoms with Crippen LogP contribution in [0.15, 0.2) is 42.5 Å². The summed E-state index contributed by atoms with van der Waals surface area (Å²) in [6.07, 6.45) is 0.678. The van der Waals surface area contributed by atoms with E-state index in [0.717, 1.165) is 5.56 Å². The Morgan fingerprint density at radius 3 is 2.35 bits per heavy atom. The zero-order chi connectivity index (χ0) is 12.3. The molecule has 0 fully saturated rings. The van der Waals surface area contributed by atoms with Gasteiger partial charge < -0.3 is 14.9 Å². The molecule has 0 saturated carbocycles. The maximum atomic E-state index is 9.95. The molecule has 0 bridgehead atoms. The van der Waals surface area contributed by atoms with Gasteiger partial charge in [-0.15, -0.1) is 0 Å². The lowest BCUT2D eigenvalue weighted by atomic mass is 10.1. The topological polar surface area (TPSA) is 49.7 Å². The smallest absolute Gasteiger partial charge is 0.210 e. The van der Waals surface area contributed by atoms with Gasteiger partial charge in [0.2, 0.25) is 5.75 Å². The van der Waals surface area contributed by atoms with E-state index in [9.17, 15) is 10.2 Å². The van der Waals surface area contributed by atoms with Gasteiger partial charge in [0.1, 0.15) is 5.75 Å². The van der Waals surface area contributed by atoms with Gasteiger partial charge in [-0.2, -0.15) is 0 Å². The van der Waals surface area contributed by atoms with Gasteiger partial charge >= 0.3 is 0 Å². The van der Waals surface area contributed by atoms with E-state index in [1.807, 2.05) is 25.1 Å². The van der Waals surface area contributed by atoms with Crippen molar-refractivity contribution in [1.29, 1.82) is 0 Å². The number of aryl methyl sites for hydroxylation is 1. The van der Waals surface area contributed by atoms with Crippen molar-refractivity contribution in [3.63, 3.8) is 0 Å². The zero-order valence-electron chi connectivity index (χ0n) is 9.55. The normalized spacial score (nSPS) is 10.2. The van der Waals surface area contributed by atoms with Crippen LogP contribution in [0.25, 0.3) is 0 Å². The van der Waals surface area contributed by atoms with Crippen molar-refractivity contribution in [1.82, 2.24) is 0 Å². The molecule has 17 heavy (non-hydrogen) atoms. The summed E-state index contributed by atoms with van der Waals surface area (Å²) >= 11 is 0. The first-order valence-electron chi connectivity index (χ1n) is 5.49. The summed E-state index contributed by atoms with van der Waals surface area (Å²) in [5, 5.41) is 19.6. The van der Waals surface area contributed by atoms with E-state index in [2.05, 4.69) is 0 Å². The highest BCUT2D eigenvalue weighted by atomic mass is 16.5. The number of ether oxygens (including phenoxy) is 1. The van der Waals surface area contributed by atoms with E-state index < -0.39 is 0 Å². The Bertz CT molecular complexity index is 506. The second-order valence-corrected chi connectivity index (χ2v) is 3.69. The first-order valence-corrected chi connectivity index (χ1v) is 5.49. The summed E-state index contributed by atoms with van der Waals surface area (Å²) in [5.41, 5.74) is 0.744. The fourth-order valence-electron chi connectivity index (χ4n) is 1.59. The van der Waals surface area contributed by atoms with Crippen LogP contribution in [0, 0.1) is 0 Å². The Kier molecular flexibility index (Phi) is 3.19. The molecule has 0 radical (unpaired) electrons. The highest BCUT2D eigenvalue weighted by Gasteiger charge is 2.13. The molecular weight excluding hydrogens is 216 g/mol. The maximum Gasteiger partial charge on any atom is 0.210 e. The average molecular weight is 230 g/mol. The third kappa shape index (κ3) is 2.33. The standard InChI is InChI=1S/C14H14O3/c1-2-10-8-9-12(15)14(13(10)16)17-11-6-4-3-5-7-11/h3-9,15-16H,2H2,1H3. The largest absolute Gasteiger partial charge is 0.504 e. The minimum Gasteiger partial charge on any atom is -0.504 e. The fraction of sp³-hybridized carbons (Fsp3) is 0.143.